The molecule has 0 aromatic rings. The number of nitrogens with one attached hydrogen (secondary N) is 1. The fourth-order valence-corrected chi connectivity index (χ4v) is 1.89. The van der Waals surface area contributed by atoms with Crippen LogP contribution in [0.1, 0.15) is 32.6 Å². The first kappa shape index (κ1) is 11.5. The van der Waals surface area contributed by atoms with Gasteiger partial charge in [-0.15, -0.1) is 12.3 Å². The molecule has 3 heteroatoms. The van der Waals surface area contributed by atoms with Crippen LogP contribution in [0.4, 0.5) is 0 Å². The molecule has 1 amide bonds. The van der Waals surface area contributed by atoms with Gasteiger partial charge in [-0.1, -0.05) is 0 Å². The van der Waals surface area contributed by atoms with Crippen LogP contribution in [-0.4, -0.2) is 17.7 Å². The van der Waals surface area contributed by atoms with E-state index in [9.17, 15) is 4.79 Å². The van der Waals surface area contributed by atoms with Crippen LogP contribution in [0.15, 0.2) is 0 Å². The van der Waals surface area contributed by atoms with E-state index in [1.807, 2.05) is 6.92 Å². The highest BCUT2D eigenvalue weighted by Gasteiger charge is 2.42. The highest BCUT2D eigenvalue weighted by molar-refractivity contribution is 7.80. The molecule has 0 aromatic carbocycles. The van der Waals surface area contributed by atoms with Crippen molar-refractivity contribution in [3.63, 3.8) is 0 Å². The van der Waals surface area contributed by atoms with Crippen molar-refractivity contribution in [2.24, 2.45) is 5.41 Å². The molecule has 1 N–H and O–H groups in total. The third-order valence-electron chi connectivity index (χ3n) is 2.66. The van der Waals surface area contributed by atoms with Crippen molar-refractivity contribution in [1.29, 1.82) is 0 Å². The minimum Gasteiger partial charge on any atom is -0.353 e. The van der Waals surface area contributed by atoms with E-state index >= 15 is 0 Å². The van der Waals surface area contributed by atoms with E-state index in [0.717, 1.165) is 18.6 Å². The first-order valence-electron chi connectivity index (χ1n) is 4.95. The summed E-state index contributed by atoms with van der Waals surface area (Å²) < 4.78 is 0. The number of carbonyl (C=O) groups excluding carboxylic acids is 1. The van der Waals surface area contributed by atoms with E-state index in [1.54, 1.807) is 0 Å². The minimum absolute atomic E-state index is 0.0863. The number of thiol groups is 1. The van der Waals surface area contributed by atoms with Gasteiger partial charge >= 0.3 is 0 Å². The monoisotopic (exact) mass is 211 g/mol. The fourth-order valence-electron chi connectivity index (χ4n) is 1.46. The molecule has 0 heterocycles. The van der Waals surface area contributed by atoms with Crippen molar-refractivity contribution in [2.45, 2.75) is 38.6 Å². The van der Waals surface area contributed by atoms with Crippen LogP contribution in [-0.2, 0) is 4.79 Å². The van der Waals surface area contributed by atoms with Gasteiger partial charge in [-0.05, 0) is 30.9 Å². The maximum absolute atomic E-state index is 11.5. The molecule has 0 aromatic heterocycles. The van der Waals surface area contributed by atoms with Crippen LogP contribution in [0.25, 0.3) is 0 Å². The summed E-state index contributed by atoms with van der Waals surface area (Å²) in [6, 6.07) is 0.0863. The third-order valence-corrected chi connectivity index (χ3v) is 3.33. The van der Waals surface area contributed by atoms with Crippen molar-refractivity contribution in [3.05, 3.63) is 0 Å². The lowest BCUT2D eigenvalue weighted by Crippen LogP contribution is -2.34. The topological polar surface area (TPSA) is 29.1 Å². The van der Waals surface area contributed by atoms with Crippen LogP contribution in [0, 0.1) is 17.8 Å². The quantitative estimate of drug-likeness (QED) is 0.525. The molecule has 1 rings (SSSR count). The zero-order chi connectivity index (χ0) is 10.6. The Morgan fingerprint density at radius 3 is 2.79 bits per heavy atom. The normalized spacial score (nSPS) is 19.5. The molecule has 1 fully saturated rings. The summed E-state index contributed by atoms with van der Waals surface area (Å²) in [6.45, 7) is 1.93. The lowest BCUT2D eigenvalue weighted by molar-refractivity contribution is -0.122. The van der Waals surface area contributed by atoms with Crippen molar-refractivity contribution >= 4 is 18.5 Å². The minimum atomic E-state index is 0.0863. The van der Waals surface area contributed by atoms with Gasteiger partial charge in [-0.2, -0.15) is 12.6 Å². The summed E-state index contributed by atoms with van der Waals surface area (Å²) in [5.41, 5.74) is 0.197. The first-order valence-corrected chi connectivity index (χ1v) is 5.59. The van der Waals surface area contributed by atoms with Crippen LogP contribution < -0.4 is 5.32 Å². The van der Waals surface area contributed by atoms with Crippen LogP contribution in [0.3, 0.4) is 0 Å². The largest absolute Gasteiger partial charge is 0.353 e. The average Bonchev–Trinajstić information content (AvgIpc) is 2.85. The third kappa shape index (κ3) is 3.26. The Bertz CT molecular complexity index is 253. The van der Waals surface area contributed by atoms with E-state index in [-0.39, 0.29) is 17.4 Å². The van der Waals surface area contributed by atoms with Gasteiger partial charge in [0.25, 0.3) is 0 Å². The van der Waals surface area contributed by atoms with E-state index in [0.29, 0.717) is 12.8 Å². The molecule has 0 radical (unpaired) electrons. The number of amides is 1. The Balaban J connectivity index is 2.26. The Hall–Kier alpha value is -0.620. The lowest BCUT2D eigenvalue weighted by Gasteiger charge is -2.14. The standard InChI is InChI=1S/C11H17NOS/c1-3-4-9(2)12-10(13)7-11(8-14)5-6-11/h1,9,14H,4-8H2,2H3,(H,12,13). The molecule has 1 aliphatic carbocycles. The number of hydrogen-bond donors (Lipinski definition) is 2. The van der Waals surface area contributed by atoms with Crippen molar-refractivity contribution < 1.29 is 4.79 Å². The molecule has 1 atom stereocenters. The average molecular weight is 211 g/mol. The van der Waals surface area contributed by atoms with Gasteiger partial charge in [0.05, 0.1) is 0 Å². The molecule has 0 aliphatic heterocycles. The zero-order valence-electron chi connectivity index (χ0n) is 8.55. The SMILES string of the molecule is C#CCC(C)NC(=O)CC1(CS)CC1. The van der Waals surface area contributed by atoms with Gasteiger partial charge in [0.2, 0.25) is 5.91 Å². The molecule has 1 saturated carbocycles. The molecule has 1 aliphatic rings. The van der Waals surface area contributed by atoms with E-state index < -0.39 is 0 Å². The summed E-state index contributed by atoms with van der Waals surface area (Å²) >= 11 is 4.26. The van der Waals surface area contributed by atoms with Gasteiger partial charge in [-0.3, -0.25) is 4.79 Å². The number of rotatable bonds is 5. The number of carbonyl (C=O) groups is 1. The number of terminal acetylenes is 1. The Kier molecular flexibility index (Phi) is 3.88. The lowest BCUT2D eigenvalue weighted by atomic mass is 10.0. The van der Waals surface area contributed by atoms with Crippen LogP contribution in [0.2, 0.25) is 0 Å². The van der Waals surface area contributed by atoms with Gasteiger partial charge < -0.3 is 5.32 Å². The van der Waals surface area contributed by atoms with Gasteiger partial charge in [0, 0.05) is 18.9 Å². The predicted octanol–water partition coefficient (Wildman–Crippen LogP) is 1.61. The fraction of sp³-hybridized carbons (Fsp3) is 0.727. The Morgan fingerprint density at radius 1 is 1.71 bits per heavy atom. The number of hydrogen-bond acceptors (Lipinski definition) is 2. The summed E-state index contributed by atoms with van der Waals surface area (Å²) in [5, 5.41) is 2.90. The smallest absolute Gasteiger partial charge is 0.220 e. The Labute approximate surface area is 91.2 Å². The molecule has 1 unspecified atom stereocenters. The van der Waals surface area contributed by atoms with E-state index in [1.165, 1.54) is 0 Å². The molecule has 0 saturated heterocycles. The van der Waals surface area contributed by atoms with Crippen molar-refractivity contribution in [1.82, 2.24) is 5.32 Å². The predicted molar refractivity (Wildman–Crippen MR) is 61.2 cm³/mol. The molecular weight excluding hydrogens is 194 g/mol. The van der Waals surface area contributed by atoms with Crippen LogP contribution >= 0.6 is 12.6 Å². The Morgan fingerprint density at radius 2 is 2.36 bits per heavy atom. The molecule has 78 valence electrons. The molecule has 2 nitrogen and oxygen atoms in total. The second kappa shape index (κ2) is 4.75. The summed E-state index contributed by atoms with van der Waals surface area (Å²) in [6.07, 6.45) is 8.62. The van der Waals surface area contributed by atoms with Gasteiger partial charge in [0.15, 0.2) is 0 Å². The zero-order valence-corrected chi connectivity index (χ0v) is 9.44. The highest BCUT2D eigenvalue weighted by Crippen LogP contribution is 2.49. The maximum atomic E-state index is 11.5. The molecule has 0 bridgehead atoms. The van der Waals surface area contributed by atoms with Crippen molar-refractivity contribution in [2.75, 3.05) is 5.75 Å². The van der Waals surface area contributed by atoms with E-state index in [4.69, 9.17) is 6.42 Å². The van der Waals surface area contributed by atoms with E-state index in [2.05, 4.69) is 23.9 Å². The summed E-state index contributed by atoms with van der Waals surface area (Å²) in [5.74, 6) is 3.46. The van der Waals surface area contributed by atoms with Crippen LogP contribution in [0.5, 0.6) is 0 Å². The second-order valence-electron chi connectivity index (χ2n) is 4.21. The molecule has 14 heavy (non-hydrogen) atoms. The molecular formula is C11H17NOS. The summed E-state index contributed by atoms with van der Waals surface area (Å²) in [4.78, 5) is 11.5. The van der Waals surface area contributed by atoms with Gasteiger partial charge in [0.1, 0.15) is 0 Å². The first-order chi connectivity index (χ1) is 6.62. The molecule has 0 spiro atoms. The summed E-state index contributed by atoms with van der Waals surface area (Å²) in [7, 11) is 0. The maximum Gasteiger partial charge on any atom is 0.220 e. The second-order valence-corrected chi connectivity index (χ2v) is 4.53. The highest BCUT2D eigenvalue weighted by atomic mass is 32.1. The van der Waals surface area contributed by atoms with Crippen molar-refractivity contribution in [3.8, 4) is 12.3 Å². The van der Waals surface area contributed by atoms with Gasteiger partial charge in [-0.25, -0.2) is 0 Å².